The number of benzene rings is 8. The van der Waals surface area contributed by atoms with Gasteiger partial charge in [-0.15, -0.1) is 24.0 Å². The zero-order valence-corrected chi connectivity index (χ0v) is 35.3. The van der Waals surface area contributed by atoms with Gasteiger partial charge < -0.3 is 0 Å². The van der Waals surface area contributed by atoms with Gasteiger partial charge in [0.15, 0.2) is 17.5 Å². The third-order valence-electron chi connectivity index (χ3n) is 11.6. The number of fused-ring (bicyclic) bond motifs is 6. The van der Waals surface area contributed by atoms with Gasteiger partial charge in [0.25, 0.3) is 0 Å². The molecule has 0 saturated carbocycles. The quantitative estimate of drug-likeness (QED) is 0.162. The summed E-state index contributed by atoms with van der Waals surface area (Å²) in [6.07, 6.45) is 0. The third kappa shape index (κ3) is 6.55. The molecule has 0 aliphatic rings. The van der Waals surface area contributed by atoms with Crippen LogP contribution in [0.4, 0.5) is 0 Å². The molecule has 0 aliphatic heterocycles. The summed E-state index contributed by atoms with van der Waals surface area (Å²) in [5.74, 6) is 2.39. The second-order valence-corrected chi connectivity index (χ2v) is 17.0. The van der Waals surface area contributed by atoms with Crippen LogP contribution < -0.4 is 0 Å². The molecule has 0 saturated heterocycles. The normalized spacial score (nSPS) is 11.6. The van der Waals surface area contributed by atoms with E-state index in [1.807, 2.05) is 54.6 Å². The van der Waals surface area contributed by atoms with E-state index in [9.17, 15) is 0 Å². The summed E-state index contributed by atoms with van der Waals surface area (Å²) >= 11 is 6.71. The van der Waals surface area contributed by atoms with E-state index in [-0.39, 0.29) is 0 Å². The van der Waals surface area contributed by atoms with Crippen molar-refractivity contribution in [1.29, 1.82) is 0 Å². The number of nitrogens with zero attached hydrogens (tertiary/aromatic N) is 6. The smallest absolute Gasteiger partial charge is 0.238 e. The molecule has 0 aliphatic carbocycles. The van der Waals surface area contributed by atoms with Crippen LogP contribution in [0.1, 0.15) is 0 Å². The average Bonchev–Trinajstić information content (AvgIpc) is 3.90. The molecule has 63 heavy (non-hydrogen) atoms. The first-order chi connectivity index (χ1) is 31.1. The summed E-state index contributed by atoms with van der Waals surface area (Å²) < 4.78 is 4.44. The molecule has 0 unspecified atom stereocenters. The molecule has 12 rings (SSSR count). The van der Waals surface area contributed by atoms with Crippen molar-refractivity contribution in [1.82, 2.24) is 29.5 Å². The van der Waals surface area contributed by atoms with Crippen molar-refractivity contribution in [3.63, 3.8) is 0 Å². The predicted molar refractivity (Wildman–Crippen MR) is 263 cm³/mol. The first-order valence-electron chi connectivity index (χ1n) is 20.7. The van der Waals surface area contributed by atoms with E-state index in [2.05, 4.69) is 150 Å². The van der Waals surface area contributed by atoms with Gasteiger partial charge in [-0.05, 0) is 58.7 Å². The Balaban J connectivity index is 0.971. The Hall–Kier alpha value is -7.78. The molecule has 0 N–H and O–H groups in total. The summed E-state index contributed by atoms with van der Waals surface area (Å²) in [6.45, 7) is 0. The van der Waals surface area contributed by atoms with Crippen LogP contribution >= 0.6 is 24.0 Å². The van der Waals surface area contributed by atoms with Crippen molar-refractivity contribution in [3.05, 3.63) is 200 Å². The van der Waals surface area contributed by atoms with E-state index < -0.39 is 0 Å². The molecule has 0 amide bonds. The first kappa shape index (κ1) is 37.0. The Kier molecular flexibility index (Phi) is 8.98. The molecule has 6 nitrogen and oxygen atoms in total. The summed E-state index contributed by atoms with van der Waals surface area (Å²) in [5.41, 5.74) is 12.0. The van der Waals surface area contributed by atoms with Crippen LogP contribution in [0.15, 0.2) is 205 Å². The lowest BCUT2D eigenvalue weighted by atomic mass is 10.0. The fourth-order valence-corrected chi connectivity index (χ4v) is 9.95. The molecule has 8 heteroatoms. The van der Waals surface area contributed by atoms with E-state index in [4.69, 9.17) is 37.5 Å². The predicted octanol–water partition coefficient (Wildman–Crippen LogP) is 14.4. The van der Waals surface area contributed by atoms with Crippen LogP contribution in [-0.2, 0) is 0 Å². The number of aromatic nitrogens is 6. The van der Waals surface area contributed by atoms with Crippen LogP contribution in [-0.4, -0.2) is 29.5 Å². The highest BCUT2D eigenvalue weighted by atomic mass is 32.1. The Morgan fingerprint density at radius 1 is 0.381 bits per heavy atom. The number of hydrogen-bond donors (Lipinski definition) is 1. The van der Waals surface area contributed by atoms with Crippen LogP contribution in [0, 0.1) is 0 Å². The van der Waals surface area contributed by atoms with Crippen molar-refractivity contribution in [3.8, 4) is 73.6 Å². The lowest BCUT2D eigenvalue weighted by Gasteiger charge is -2.13. The van der Waals surface area contributed by atoms with Gasteiger partial charge in [0.1, 0.15) is 0 Å². The fourth-order valence-electron chi connectivity index (χ4n) is 8.53. The van der Waals surface area contributed by atoms with E-state index in [1.54, 1.807) is 11.3 Å². The van der Waals surface area contributed by atoms with Gasteiger partial charge in [-0.3, -0.25) is 4.57 Å². The Morgan fingerprint density at radius 3 is 1.70 bits per heavy atom. The van der Waals surface area contributed by atoms with Gasteiger partial charge in [0.2, 0.25) is 5.95 Å². The Labute approximate surface area is 372 Å². The summed E-state index contributed by atoms with van der Waals surface area (Å²) in [5, 5.41) is 3.40. The molecule has 0 fully saturated rings. The first-order valence-corrected chi connectivity index (χ1v) is 22.0. The minimum Gasteiger partial charge on any atom is -0.278 e. The molecule has 0 radical (unpaired) electrons. The monoisotopic (exact) mass is 842 g/mol. The van der Waals surface area contributed by atoms with E-state index in [0.717, 1.165) is 86.9 Å². The standard InChI is InChI=1S/C55H34N6S2/c62-47-31-29-40(33-43(47)35-24-26-38(27-25-35)52-56-49(36-16-6-2-7-17-36)51-50(57-52)42-21-11-13-23-48(42)63-51)54-58-53(37-18-8-3-9-19-37)59-55(60-54)61-45-22-12-10-20-41(45)44-32-39(28-30-46(44)61)34-14-4-1-5-15-34/h1-33,62H. The number of thiophene rings is 1. The topological polar surface area (TPSA) is 69.4 Å². The molecule has 0 bridgehead atoms. The Morgan fingerprint density at radius 2 is 0.937 bits per heavy atom. The van der Waals surface area contributed by atoms with Crippen molar-refractivity contribution in [2.45, 2.75) is 4.90 Å². The lowest BCUT2D eigenvalue weighted by Crippen LogP contribution is -2.06. The zero-order chi connectivity index (χ0) is 41.9. The van der Waals surface area contributed by atoms with Gasteiger partial charge in [0.05, 0.1) is 26.9 Å². The maximum atomic E-state index is 5.25. The van der Waals surface area contributed by atoms with Crippen LogP contribution in [0.25, 0.3) is 116 Å². The largest absolute Gasteiger partial charge is 0.278 e. The number of rotatable bonds is 7. The van der Waals surface area contributed by atoms with Crippen molar-refractivity contribution < 1.29 is 0 Å². The molecule has 4 aromatic heterocycles. The summed E-state index contributed by atoms with van der Waals surface area (Å²) in [4.78, 5) is 26.7. The second-order valence-electron chi connectivity index (χ2n) is 15.4. The minimum absolute atomic E-state index is 0.545. The molecular formula is C55H34N6S2. The minimum atomic E-state index is 0.545. The van der Waals surface area contributed by atoms with Crippen molar-refractivity contribution >= 4 is 66.1 Å². The Bertz CT molecular complexity index is 3680. The van der Waals surface area contributed by atoms with Crippen LogP contribution in [0.3, 0.4) is 0 Å². The van der Waals surface area contributed by atoms with E-state index in [0.29, 0.717) is 23.4 Å². The number of thiol groups is 1. The lowest BCUT2D eigenvalue weighted by molar-refractivity contribution is 0.953. The van der Waals surface area contributed by atoms with Gasteiger partial charge in [-0.2, -0.15) is 9.97 Å². The van der Waals surface area contributed by atoms with Gasteiger partial charge in [-0.25, -0.2) is 15.0 Å². The third-order valence-corrected chi connectivity index (χ3v) is 13.2. The second kappa shape index (κ2) is 15.3. The van der Waals surface area contributed by atoms with E-state index in [1.165, 1.54) is 10.3 Å². The van der Waals surface area contributed by atoms with Crippen LogP contribution in [0.5, 0.6) is 0 Å². The average molecular weight is 843 g/mol. The molecular weight excluding hydrogens is 809 g/mol. The highest BCUT2D eigenvalue weighted by Crippen LogP contribution is 2.40. The maximum absolute atomic E-state index is 5.25. The molecule has 0 atom stereocenters. The highest BCUT2D eigenvalue weighted by Gasteiger charge is 2.20. The highest BCUT2D eigenvalue weighted by molar-refractivity contribution is 7.80. The molecule has 296 valence electrons. The maximum Gasteiger partial charge on any atom is 0.238 e. The molecule has 8 aromatic carbocycles. The van der Waals surface area contributed by atoms with E-state index >= 15 is 0 Å². The zero-order valence-electron chi connectivity index (χ0n) is 33.6. The summed E-state index contributed by atoms with van der Waals surface area (Å²) in [6, 6.07) is 69.1. The van der Waals surface area contributed by atoms with Gasteiger partial charge in [-0.1, -0.05) is 164 Å². The van der Waals surface area contributed by atoms with Crippen molar-refractivity contribution in [2.24, 2.45) is 0 Å². The van der Waals surface area contributed by atoms with Crippen LogP contribution in [0.2, 0.25) is 0 Å². The van der Waals surface area contributed by atoms with Gasteiger partial charge in [0, 0.05) is 48.0 Å². The SMILES string of the molecule is Sc1ccc(-c2nc(-c3ccccc3)nc(-n3c4ccccc4c4cc(-c5ccccc5)ccc43)n2)cc1-c1ccc(-c2nc(-c3ccccc3)c3sc4ccccc4c3n2)cc1. The molecule has 12 aromatic rings. The molecule has 4 heterocycles. The number of para-hydroxylation sites is 1. The number of hydrogen-bond acceptors (Lipinski definition) is 7. The van der Waals surface area contributed by atoms with Gasteiger partial charge >= 0.3 is 0 Å². The fraction of sp³-hybridized carbons (Fsp3) is 0. The van der Waals surface area contributed by atoms with Crippen molar-refractivity contribution in [2.75, 3.05) is 0 Å². The molecule has 0 spiro atoms. The summed E-state index contributed by atoms with van der Waals surface area (Å²) in [7, 11) is 0.